The molecule has 1 N–H and O–H groups in total. The lowest BCUT2D eigenvalue weighted by molar-refractivity contribution is 0.454. The molecule has 2 aromatic carbocycles. The summed E-state index contributed by atoms with van der Waals surface area (Å²) in [6, 6.07) is 11.0. The summed E-state index contributed by atoms with van der Waals surface area (Å²) in [5.74, 6) is 0.239. The van der Waals surface area contributed by atoms with Gasteiger partial charge in [-0.2, -0.15) is 0 Å². The minimum atomic E-state index is -0.548. The SMILES string of the molecule is Oc1cccc(Oc2c[c]c(F)cc2Cl)c1. The molecule has 0 aromatic heterocycles. The molecule has 2 nitrogen and oxygen atoms in total. The molecule has 0 bridgehead atoms. The van der Waals surface area contributed by atoms with E-state index >= 15 is 0 Å². The van der Waals surface area contributed by atoms with E-state index in [1.165, 1.54) is 18.2 Å². The van der Waals surface area contributed by atoms with Gasteiger partial charge in [-0.25, -0.2) is 4.39 Å². The Bertz CT molecular complexity index is 514. The van der Waals surface area contributed by atoms with Crippen LogP contribution in [0.4, 0.5) is 4.39 Å². The van der Waals surface area contributed by atoms with Crippen molar-refractivity contribution in [2.75, 3.05) is 0 Å². The number of rotatable bonds is 2. The first kappa shape index (κ1) is 10.8. The van der Waals surface area contributed by atoms with E-state index in [9.17, 15) is 9.50 Å². The van der Waals surface area contributed by atoms with Gasteiger partial charge in [-0.3, -0.25) is 0 Å². The van der Waals surface area contributed by atoms with Crippen LogP contribution in [-0.4, -0.2) is 5.11 Å². The summed E-state index contributed by atoms with van der Waals surface area (Å²) in [7, 11) is 0. The summed E-state index contributed by atoms with van der Waals surface area (Å²) in [6.07, 6.45) is 0. The summed E-state index contributed by atoms with van der Waals surface area (Å²) in [6.45, 7) is 0. The Morgan fingerprint density at radius 2 is 2.12 bits per heavy atom. The first-order chi connectivity index (χ1) is 7.65. The van der Waals surface area contributed by atoms with Gasteiger partial charge >= 0.3 is 0 Å². The predicted octanol–water partition coefficient (Wildman–Crippen LogP) is 3.78. The predicted molar refractivity (Wildman–Crippen MR) is 58.4 cm³/mol. The number of hydrogen-bond donors (Lipinski definition) is 1. The van der Waals surface area contributed by atoms with Crippen molar-refractivity contribution in [3.8, 4) is 17.2 Å². The fourth-order valence-corrected chi connectivity index (χ4v) is 1.37. The van der Waals surface area contributed by atoms with Crippen molar-refractivity contribution < 1.29 is 14.2 Å². The van der Waals surface area contributed by atoms with E-state index < -0.39 is 5.82 Å². The fourth-order valence-electron chi connectivity index (χ4n) is 1.18. The first-order valence-electron chi connectivity index (χ1n) is 4.49. The van der Waals surface area contributed by atoms with Crippen molar-refractivity contribution in [2.45, 2.75) is 0 Å². The van der Waals surface area contributed by atoms with Crippen LogP contribution >= 0.6 is 11.6 Å². The van der Waals surface area contributed by atoms with Gasteiger partial charge in [0.2, 0.25) is 0 Å². The van der Waals surface area contributed by atoms with E-state index in [-0.39, 0.29) is 16.5 Å². The molecule has 0 aliphatic heterocycles. The number of aromatic hydroxyl groups is 1. The molecule has 81 valence electrons. The quantitative estimate of drug-likeness (QED) is 0.861. The summed E-state index contributed by atoms with van der Waals surface area (Å²) in [5, 5.41) is 9.38. The van der Waals surface area contributed by atoms with Crippen LogP contribution in [0, 0.1) is 11.9 Å². The van der Waals surface area contributed by atoms with Crippen LogP contribution in [0.2, 0.25) is 5.02 Å². The number of ether oxygens (including phenoxy) is 1. The van der Waals surface area contributed by atoms with Crippen molar-refractivity contribution >= 4 is 11.6 Å². The Morgan fingerprint density at radius 3 is 2.81 bits per heavy atom. The molecule has 1 radical (unpaired) electrons. The molecule has 0 aliphatic rings. The molecule has 0 atom stereocenters. The Morgan fingerprint density at radius 1 is 1.31 bits per heavy atom. The number of halogens is 2. The number of phenols is 1. The fraction of sp³-hybridized carbons (Fsp3) is 0. The zero-order chi connectivity index (χ0) is 11.5. The Hall–Kier alpha value is -1.74. The summed E-state index contributed by atoms with van der Waals surface area (Å²) >= 11 is 5.77. The van der Waals surface area contributed by atoms with Gasteiger partial charge < -0.3 is 9.84 Å². The smallest absolute Gasteiger partial charge is 0.146 e. The third-order valence-corrected chi connectivity index (χ3v) is 2.17. The average molecular weight is 238 g/mol. The van der Waals surface area contributed by atoms with Crippen LogP contribution in [0.25, 0.3) is 0 Å². The van der Waals surface area contributed by atoms with E-state index in [1.807, 2.05) is 0 Å². The normalized spacial score (nSPS) is 10.1. The molecule has 0 amide bonds. The topological polar surface area (TPSA) is 29.5 Å². The molecule has 2 aromatic rings. The number of hydrogen-bond acceptors (Lipinski definition) is 2. The van der Waals surface area contributed by atoms with Crippen molar-refractivity contribution in [1.82, 2.24) is 0 Å². The summed E-state index contributed by atoms with van der Waals surface area (Å²) < 4.78 is 18.1. The van der Waals surface area contributed by atoms with Crippen LogP contribution in [0.5, 0.6) is 17.2 Å². The van der Waals surface area contributed by atoms with Gasteiger partial charge in [0.1, 0.15) is 23.1 Å². The van der Waals surface area contributed by atoms with E-state index in [1.54, 1.807) is 12.1 Å². The lowest BCUT2D eigenvalue weighted by atomic mass is 10.3. The second-order valence-electron chi connectivity index (χ2n) is 3.09. The Kier molecular flexibility index (Phi) is 2.97. The van der Waals surface area contributed by atoms with Crippen molar-refractivity contribution in [3.63, 3.8) is 0 Å². The second kappa shape index (κ2) is 4.41. The van der Waals surface area contributed by atoms with Crippen LogP contribution in [0.3, 0.4) is 0 Å². The third kappa shape index (κ3) is 2.44. The molecule has 4 heteroatoms. The minimum Gasteiger partial charge on any atom is -0.508 e. The Balaban J connectivity index is 2.27. The van der Waals surface area contributed by atoms with Crippen molar-refractivity contribution in [3.05, 3.63) is 53.3 Å². The maximum absolute atomic E-state index is 12.7. The number of benzene rings is 2. The van der Waals surface area contributed by atoms with Gasteiger partial charge in [0.25, 0.3) is 0 Å². The van der Waals surface area contributed by atoms with Gasteiger partial charge in [-0.05, 0) is 24.3 Å². The molecule has 16 heavy (non-hydrogen) atoms. The molecular formula is C12H7ClFO2. The lowest BCUT2D eigenvalue weighted by Crippen LogP contribution is -1.86. The van der Waals surface area contributed by atoms with Gasteiger partial charge in [-0.1, -0.05) is 17.7 Å². The standard InChI is InChI=1S/C12H7ClFO2/c13-11-6-8(14)4-5-12(11)16-10-3-1-2-9(15)7-10/h1-3,5-7,15H. The second-order valence-corrected chi connectivity index (χ2v) is 3.50. The Labute approximate surface area is 96.9 Å². The van der Waals surface area contributed by atoms with Crippen LogP contribution in [0.15, 0.2) is 36.4 Å². The highest BCUT2D eigenvalue weighted by molar-refractivity contribution is 6.32. The van der Waals surface area contributed by atoms with E-state index in [4.69, 9.17) is 16.3 Å². The molecule has 2 rings (SSSR count). The van der Waals surface area contributed by atoms with Crippen molar-refractivity contribution in [1.29, 1.82) is 0 Å². The molecular weight excluding hydrogens is 231 g/mol. The highest BCUT2D eigenvalue weighted by Crippen LogP contribution is 2.30. The van der Waals surface area contributed by atoms with E-state index in [0.29, 0.717) is 5.75 Å². The monoisotopic (exact) mass is 237 g/mol. The largest absolute Gasteiger partial charge is 0.508 e. The zero-order valence-electron chi connectivity index (χ0n) is 8.08. The average Bonchev–Trinajstić information content (AvgIpc) is 2.22. The van der Waals surface area contributed by atoms with Crippen LogP contribution in [-0.2, 0) is 0 Å². The van der Waals surface area contributed by atoms with Gasteiger partial charge in [0.15, 0.2) is 0 Å². The first-order valence-corrected chi connectivity index (χ1v) is 4.86. The molecule has 0 spiro atoms. The maximum atomic E-state index is 12.7. The molecule has 0 heterocycles. The van der Waals surface area contributed by atoms with E-state index in [0.717, 1.165) is 6.07 Å². The molecule has 0 saturated heterocycles. The van der Waals surface area contributed by atoms with Crippen LogP contribution < -0.4 is 4.74 Å². The van der Waals surface area contributed by atoms with E-state index in [2.05, 4.69) is 6.07 Å². The minimum absolute atomic E-state index is 0.0831. The maximum Gasteiger partial charge on any atom is 0.146 e. The van der Waals surface area contributed by atoms with Gasteiger partial charge in [0.05, 0.1) is 5.02 Å². The highest BCUT2D eigenvalue weighted by Gasteiger charge is 2.05. The third-order valence-electron chi connectivity index (χ3n) is 1.88. The molecule has 0 unspecified atom stereocenters. The van der Waals surface area contributed by atoms with Crippen LogP contribution in [0.1, 0.15) is 0 Å². The molecule has 0 saturated carbocycles. The molecule has 0 fully saturated rings. The van der Waals surface area contributed by atoms with Gasteiger partial charge in [-0.15, -0.1) is 0 Å². The van der Waals surface area contributed by atoms with Gasteiger partial charge in [0, 0.05) is 12.1 Å². The summed E-state index contributed by atoms with van der Waals surface area (Å²) in [5.41, 5.74) is 0. The summed E-state index contributed by atoms with van der Waals surface area (Å²) in [4.78, 5) is 0. The van der Waals surface area contributed by atoms with Crippen molar-refractivity contribution in [2.24, 2.45) is 0 Å². The lowest BCUT2D eigenvalue weighted by Gasteiger charge is -2.07. The highest BCUT2D eigenvalue weighted by atomic mass is 35.5. The zero-order valence-corrected chi connectivity index (χ0v) is 8.83. The molecule has 0 aliphatic carbocycles. The number of phenolic OH excluding ortho intramolecular Hbond substituents is 1.